The molecule has 1 fully saturated rings. The van der Waals surface area contributed by atoms with E-state index in [0.29, 0.717) is 37.2 Å². The molecular weight excluding hydrogens is 414 g/mol. The summed E-state index contributed by atoms with van der Waals surface area (Å²) in [6.07, 6.45) is 5.27. The number of fused-ring (bicyclic) bond motifs is 1. The number of carbonyl (C=O) groups is 1. The van der Waals surface area contributed by atoms with Crippen LogP contribution in [0.4, 0.5) is 0 Å². The number of aromatic nitrogens is 1. The Hall–Kier alpha value is -2.58. The number of aryl methyl sites for hydroxylation is 1. The average Bonchev–Trinajstić information content (AvgIpc) is 3.42. The number of furan rings is 1. The highest BCUT2D eigenvalue weighted by Crippen LogP contribution is 2.27. The zero-order chi connectivity index (χ0) is 22.0. The van der Waals surface area contributed by atoms with Gasteiger partial charge in [0, 0.05) is 55.1 Å². The molecule has 1 amide bonds. The van der Waals surface area contributed by atoms with E-state index in [-0.39, 0.29) is 17.9 Å². The Labute approximate surface area is 183 Å². The number of hydrogen-bond acceptors (Lipinski definition) is 4. The fourth-order valence-corrected chi connectivity index (χ4v) is 5.77. The number of benzene rings is 1. The quantitative estimate of drug-likeness (QED) is 0.607. The number of hydrogen-bond donors (Lipinski definition) is 1. The molecule has 31 heavy (non-hydrogen) atoms. The zero-order valence-electron chi connectivity index (χ0n) is 18.0. The number of nitrogens with zero attached hydrogens (tertiary/aromatic N) is 2. The van der Waals surface area contributed by atoms with Crippen molar-refractivity contribution in [1.29, 1.82) is 0 Å². The van der Waals surface area contributed by atoms with Gasteiger partial charge in [-0.2, -0.15) is 4.31 Å². The summed E-state index contributed by atoms with van der Waals surface area (Å²) in [7, 11) is -3.58. The first-order chi connectivity index (χ1) is 14.9. The van der Waals surface area contributed by atoms with Crippen molar-refractivity contribution in [3.05, 3.63) is 54.6 Å². The molecule has 0 bridgehead atoms. The molecular formula is C23H29N3O4S. The second-order valence-electron chi connectivity index (χ2n) is 8.19. The Morgan fingerprint density at radius 2 is 2.00 bits per heavy atom. The largest absolute Gasteiger partial charge is 0.469 e. The van der Waals surface area contributed by atoms with E-state index in [1.165, 1.54) is 4.31 Å². The molecule has 1 atom stereocenters. The Morgan fingerprint density at radius 3 is 2.68 bits per heavy atom. The van der Waals surface area contributed by atoms with E-state index >= 15 is 0 Å². The fraction of sp³-hybridized carbons (Fsp3) is 0.435. The van der Waals surface area contributed by atoms with Gasteiger partial charge in [0.2, 0.25) is 15.9 Å². The molecule has 2 aromatic heterocycles. The van der Waals surface area contributed by atoms with E-state index in [4.69, 9.17) is 4.42 Å². The molecule has 8 heteroatoms. The summed E-state index contributed by atoms with van der Waals surface area (Å²) < 4.78 is 35.2. The lowest BCUT2D eigenvalue weighted by atomic mass is 9.96. The molecule has 1 saturated heterocycles. The maximum Gasteiger partial charge on any atom is 0.243 e. The first-order valence-corrected chi connectivity index (χ1v) is 12.2. The van der Waals surface area contributed by atoms with Crippen LogP contribution in [0.1, 0.15) is 32.4 Å². The average molecular weight is 444 g/mol. The summed E-state index contributed by atoms with van der Waals surface area (Å²) in [5, 5.41) is 3.95. The van der Waals surface area contributed by atoms with Crippen LogP contribution < -0.4 is 5.32 Å². The molecule has 7 nitrogen and oxygen atoms in total. The number of carbonyl (C=O) groups excluding carboxylic acids is 1. The van der Waals surface area contributed by atoms with Gasteiger partial charge >= 0.3 is 0 Å². The van der Waals surface area contributed by atoms with E-state index < -0.39 is 10.0 Å². The monoisotopic (exact) mass is 443 g/mol. The van der Waals surface area contributed by atoms with Gasteiger partial charge in [0.25, 0.3) is 0 Å². The van der Waals surface area contributed by atoms with Crippen LogP contribution in [0.3, 0.4) is 0 Å². The van der Waals surface area contributed by atoms with Crippen LogP contribution >= 0.6 is 0 Å². The molecule has 3 heterocycles. The van der Waals surface area contributed by atoms with Gasteiger partial charge in [-0.3, -0.25) is 4.79 Å². The predicted molar refractivity (Wildman–Crippen MR) is 119 cm³/mol. The third-order valence-electron chi connectivity index (χ3n) is 6.02. The van der Waals surface area contributed by atoms with Gasteiger partial charge in [0.1, 0.15) is 5.76 Å². The van der Waals surface area contributed by atoms with Gasteiger partial charge < -0.3 is 14.3 Å². The fourth-order valence-electron chi connectivity index (χ4n) is 4.26. The minimum absolute atomic E-state index is 0.0153. The van der Waals surface area contributed by atoms with E-state index in [2.05, 4.69) is 16.8 Å². The second-order valence-corrected chi connectivity index (χ2v) is 10.1. The highest BCUT2D eigenvalue weighted by molar-refractivity contribution is 7.89. The third kappa shape index (κ3) is 4.55. The van der Waals surface area contributed by atoms with Crippen LogP contribution in [0, 0.1) is 5.92 Å². The van der Waals surface area contributed by atoms with Crippen molar-refractivity contribution < 1.29 is 17.6 Å². The maximum absolute atomic E-state index is 13.1. The standard InChI is InChI=1S/C23H29N3O4S/c1-3-25-11-8-19-16-21(6-7-22(19)25)31(28,29)26-12-9-18(10-13-26)23(27)24-17(2)15-20-5-4-14-30-20/h4-8,11,14,16-18H,3,9-10,12-13,15H2,1-2H3,(H,24,27)/t17-/m0/s1. The SMILES string of the molecule is CCn1ccc2cc(S(=O)(=O)N3CCC(C(=O)N[C@@H](C)Cc4ccco4)CC3)ccc21. The van der Waals surface area contributed by atoms with Gasteiger partial charge in [-0.05, 0) is 63.1 Å². The normalized spacial score (nSPS) is 17.1. The summed E-state index contributed by atoms with van der Waals surface area (Å²) in [4.78, 5) is 12.9. The summed E-state index contributed by atoms with van der Waals surface area (Å²) in [5.74, 6) is 0.643. The van der Waals surface area contributed by atoms with Crippen LogP contribution in [0.5, 0.6) is 0 Å². The lowest BCUT2D eigenvalue weighted by Gasteiger charge is -2.31. The lowest BCUT2D eigenvalue weighted by molar-refractivity contribution is -0.126. The van der Waals surface area contributed by atoms with E-state index in [9.17, 15) is 13.2 Å². The molecule has 1 aromatic carbocycles. The van der Waals surface area contributed by atoms with Crippen molar-refractivity contribution in [2.24, 2.45) is 5.92 Å². The van der Waals surface area contributed by atoms with Crippen LogP contribution in [0.15, 0.2) is 58.2 Å². The van der Waals surface area contributed by atoms with Gasteiger partial charge in [0.05, 0.1) is 11.2 Å². The topological polar surface area (TPSA) is 84.5 Å². The van der Waals surface area contributed by atoms with E-state index in [1.807, 2.05) is 37.4 Å². The first kappa shape index (κ1) is 21.6. The predicted octanol–water partition coefficient (Wildman–Crippen LogP) is 3.40. The van der Waals surface area contributed by atoms with Crippen LogP contribution in [0.2, 0.25) is 0 Å². The number of piperidine rings is 1. The summed E-state index contributed by atoms with van der Waals surface area (Å²) >= 11 is 0. The third-order valence-corrected chi connectivity index (χ3v) is 7.92. The number of amides is 1. The van der Waals surface area contributed by atoms with Crippen molar-refractivity contribution in [3.63, 3.8) is 0 Å². The molecule has 3 aromatic rings. The summed E-state index contributed by atoms with van der Waals surface area (Å²) in [5.41, 5.74) is 1.03. The highest BCUT2D eigenvalue weighted by Gasteiger charge is 2.32. The van der Waals surface area contributed by atoms with Gasteiger partial charge in [-0.1, -0.05) is 0 Å². The van der Waals surface area contributed by atoms with Crippen molar-refractivity contribution in [3.8, 4) is 0 Å². The van der Waals surface area contributed by atoms with Crippen LogP contribution in [0.25, 0.3) is 10.9 Å². The van der Waals surface area contributed by atoms with Gasteiger partial charge in [0.15, 0.2) is 0 Å². The number of nitrogens with one attached hydrogen (secondary N) is 1. The van der Waals surface area contributed by atoms with Gasteiger partial charge in [-0.15, -0.1) is 0 Å². The molecule has 0 saturated carbocycles. The number of rotatable bonds is 7. The second kappa shape index (κ2) is 8.88. The molecule has 0 radical (unpaired) electrons. The summed E-state index contributed by atoms with van der Waals surface area (Å²) in [6, 6.07) is 10.9. The molecule has 166 valence electrons. The highest BCUT2D eigenvalue weighted by atomic mass is 32.2. The van der Waals surface area contributed by atoms with Crippen molar-refractivity contribution in [2.45, 2.75) is 50.6 Å². The number of sulfonamides is 1. The Bertz CT molecular complexity index is 1140. The van der Waals surface area contributed by atoms with E-state index in [1.54, 1.807) is 18.4 Å². The van der Waals surface area contributed by atoms with E-state index in [0.717, 1.165) is 23.2 Å². The Morgan fingerprint density at radius 1 is 1.23 bits per heavy atom. The minimum atomic E-state index is -3.58. The molecule has 4 rings (SSSR count). The van der Waals surface area contributed by atoms with Crippen LogP contribution in [-0.2, 0) is 27.8 Å². The maximum atomic E-state index is 13.1. The molecule has 1 N–H and O–H groups in total. The smallest absolute Gasteiger partial charge is 0.243 e. The van der Waals surface area contributed by atoms with Crippen molar-refractivity contribution in [1.82, 2.24) is 14.2 Å². The lowest BCUT2D eigenvalue weighted by Crippen LogP contribution is -2.45. The molecule has 0 unspecified atom stereocenters. The molecule has 0 aliphatic carbocycles. The molecule has 0 spiro atoms. The summed E-state index contributed by atoms with van der Waals surface area (Å²) in [6.45, 7) is 5.54. The molecule has 1 aliphatic rings. The van der Waals surface area contributed by atoms with Gasteiger partial charge in [-0.25, -0.2) is 8.42 Å². The van der Waals surface area contributed by atoms with Crippen LogP contribution in [-0.4, -0.2) is 42.3 Å². The first-order valence-electron chi connectivity index (χ1n) is 10.8. The van der Waals surface area contributed by atoms with Crippen molar-refractivity contribution >= 4 is 26.8 Å². The molecule has 1 aliphatic heterocycles. The Kier molecular flexibility index (Phi) is 6.20. The Balaban J connectivity index is 1.36. The zero-order valence-corrected chi connectivity index (χ0v) is 18.8. The minimum Gasteiger partial charge on any atom is -0.469 e. The van der Waals surface area contributed by atoms with Crippen molar-refractivity contribution in [2.75, 3.05) is 13.1 Å².